The summed E-state index contributed by atoms with van der Waals surface area (Å²) in [6.45, 7) is 7.93. The first-order valence-corrected chi connectivity index (χ1v) is 8.62. The number of alkyl halides is 1. The molecule has 1 rings (SSSR count). The largest absolute Gasteiger partial charge is 0.369 e. The molecule has 0 heterocycles. The molecule has 0 atom stereocenters. The average Bonchev–Trinajstić information content (AvgIpc) is 2.34. The van der Waals surface area contributed by atoms with Crippen molar-refractivity contribution in [2.24, 2.45) is 0 Å². The van der Waals surface area contributed by atoms with Crippen molar-refractivity contribution in [1.82, 2.24) is 0 Å². The summed E-state index contributed by atoms with van der Waals surface area (Å²) in [5, 5.41) is 0.909. The van der Waals surface area contributed by atoms with Crippen LogP contribution >= 0.6 is 31.9 Å². The third-order valence-corrected chi connectivity index (χ3v) is 4.22. The lowest BCUT2D eigenvalue weighted by Crippen LogP contribution is -2.32. The average molecular weight is 377 g/mol. The minimum Gasteiger partial charge on any atom is -0.369 e. The second kappa shape index (κ2) is 8.21. The molecule has 0 unspecified atom stereocenters. The SMILES string of the molecule is CCCCCN(c1cc(Br)ccc1CBr)C(C)C. The van der Waals surface area contributed by atoms with E-state index in [0.717, 1.165) is 16.3 Å². The van der Waals surface area contributed by atoms with Gasteiger partial charge in [-0.3, -0.25) is 0 Å². The summed E-state index contributed by atoms with van der Waals surface area (Å²) < 4.78 is 1.16. The molecule has 0 fully saturated rings. The van der Waals surface area contributed by atoms with E-state index >= 15 is 0 Å². The second-order valence-corrected chi connectivity index (χ2v) is 6.38. The molecule has 0 N–H and O–H groups in total. The molecule has 0 saturated carbocycles. The number of hydrogen-bond donors (Lipinski definition) is 0. The lowest BCUT2D eigenvalue weighted by molar-refractivity contribution is 0.624. The molecule has 0 aromatic heterocycles. The maximum Gasteiger partial charge on any atom is 0.0420 e. The number of unbranched alkanes of at least 4 members (excludes halogenated alkanes) is 2. The van der Waals surface area contributed by atoms with E-state index in [-0.39, 0.29) is 0 Å². The van der Waals surface area contributed by atoms with Gasteiger partial charge in [0, 0.05) is 28.1 Å². The Morgan fingerprint density at radius 2 is 1.94 bits per heavy atom. The summed E-state index contributed by atoms with van der Waals surface area (Å²) in [4.78, 5) is 2.51. The fraction of sp³-hybridized carbons (Fsp3) is 0.600. The Morgan fingerprint density at radius 3 is 2.50 bits per heavy atom. The van der Waals surface area contributed by atoms with Gasteiger partial charge >= 0.3 is 0 Å². The van der Waals surface area contributed by atoms with Gasteiger partial charge in [0.15, 0.2) is 0 Å². The molecule has 0 spiro atoms. The van der Waals surface area contributed by atoms with Gasteiger partial charge in [0.25, 0.3) is 0 Å². The molecule has 0 radical (unpaired) electrons. The summed E-state index contributed by atoms with van der Waals surface area (Å²) in [5.41, 5.74) is 2.72. The van der Waals surface area contributed by atoms with E-state index in [1.807, 2.05) is 0 Å². The van der Waals surface area contributed by atoms with Crippen LogP contribution in [-0.2, 0) is 5.33 Å². The maximum absolute atomic E-state index is 3.59. The Balaban J connectivity index is 2.93. The van der Waals surface area contributed by atoms with Crippen LogP contribution in [0.5, 0.6) is 0 Å². The summed E-state index contributed by atoms with van der Waals surface area (Å²) in [6, 6.07) is 7.09. The van der Waals surface area contributed by atoms with Gasteiger partial charge in [-0.2, -0.15) is 0 Å². The summed E-state index contributed by atoms with van der Waals surface area (Å²) in [5.74, 6) is 0. The van der Waals surface area contributed by atoms with Gasteiger partial charge in [-0.05, 0) is 38.0 Å². The maximum atomic E-state index is 3.59. The van der Waals surface area contributed by atoms with Gasteiger partial charge in [0.1, 0.15) is 0 Å². The Kier molecular flexibility index (Phi) is 7.31. The molecule has 3 heteroatoms. The number of benzene rings is 1. The smallest absolute Gasteiger partial charge is 0.0420 e. The predicted molar refractivity (Wildman–Crippen MR) is 88.8 cm³/mol. The van der Waals surface area contributed by atoms with E-state index in [1.54, 1.807) is 0 Å². The molecule has 1 aromatic rings. The Hall–Kier alpha value is -0.0200. The van der Waals surface area contributed by atoms with Gasteiger partial charge in [-0.15, -0.1) is 0 Å². The van der Waals surface area contributed by atoms with Crippen molar-refractivity contribution in [1.29, 1.82) is 0 Å². The van der Waals surface area contributed by atoms with Crippen LogP contribution in [0.3, 0.4) is 0 Å². The van der Waals surface area contributed by atoms with Crippen molar-refractivity contribution >= 4 is 37.5 Å². The highest BCUT2D eigenvalue weighted by atomic mass is 79.9. The standard InChI is InChI=1S/C15H23Br2N/c1-4-5-6-9-18(12(2)3)15-10-14(17)8-7-13(15)11-16/h7-8,10,12H,4-6,9,11H2,1-3H3. The predicted octanol–water partition coefficient (Wildman–Crippen LogP) is 5.75. The number of rotatable bonds is 7. The van der Waals surface area contributed by atoms with E-state index in [2.05, 4.69) is 75.7 Å². The second-order valence-electron chi connectivity index (χ2n) is 4.90. The highest BCUT2D eigenvalue weighted by Crippen LogP contribution is 2.28. The monoisotopic (exact) mass is 375 g/mol. The molecule has 0 amide bonds. The first-order valence-electron chi connectivity index (χ1n) is 6.71. The summed E-state index contributed by atoms with van der Waals surface area (Å²) >= 11 is 7.17. The van der Waals surface area contributed by atoms with E-state index in [4.69, 9.17) is 0 Å². The van der Waals surface area contributed by atoms with Crippen LogP contribution in [0.2, 0.25) is 0 Å². The molecule has 0 saturated heterocycles. The highest BCUT2D eigenvalue weighted by Gasteiger charge is 2.14. The normalized spacial score (nSPS) is 11.0. The van der Waals surface area contributed by atoms with Gasteiger partial charge in [-0.25, -0.2) is 0 Å². The van der Waals surface area contributed by atoms with Crippen LogP contribution in [0.1, 0.15) is 45.6 Å². The first-order chi connectivity index (χ1) is 8.60. The zero-order valence-corrected chi connectivity index (χ0v) is 14.7. The van der Waals surface area contributed by atoms with E-state index < -0.39 is 0 Å². The lowest BCUT2D eigenvalue weighted by Gasteiger charge is -2.31. The molecule has 0 aliphatic carbocycles. The van der Waals surface area contributed by atoms with E-state index in [9.17, 15) is 0 Å². The van der Waals surface area contributed by atoms with Crippen LogP contribution in [-0.4, -0.2) is 12.6 Å². The Bertz CT molecular complexity index is 364. The first kappa shape index (κ1) is 16.0. The summed E-state index contributed by atoms with van der Waals surface area (Å²) in [6.07, 6.45) is 3.85. The lowest BCUT2D eigenvalue weighted by atomic mass is 10.1. The minimum absolute atomic E-state index is 0.536. The third kappa shape index (κ3) is 4.58. The molecule has 102 valence electrons. The van der Waals surface area contributed by atoms with Crippen molar-refractivity contribution in [3.63, 3.8) is 0 Å². The van der Waals surface area contributed by atoms with Crippen LogP contribution in [0.4, 0.5) is 5.69 Å². The zero-order valence-electron chi connectivity index (χ0n) is 11.5. The topological polar surface area (TPSA) is 3.24 Å². The van der Waals surface area contributed by atoms with Crippen molar-refractivity contribution in [3.8, 4) is 0 Å². The van der Waals surface area contributed by atoms with E-state index in [1.165, 1.54) is 30.5 Å². The number of hydrogen-bond acceptors (Lipinski definition) is 1. The van der Waals surface area contributed by atoms with Gasteiger partial charge in [-0.1, -0.05) is 57.7 Å². The highest BCUT2D eigenvalue weighted by molar-refractivity contribution is 9.10. The fourth-order valence-corrected chi connectivity index (χ4v) is 2.93. The Morgan fingerprint density at radius 1 is 1.22 bits per heavy atom. The van der Waals surface area contributed by atoms with Crippen molar-refractivity contribution in [3.05, 3.63) is 28.2 Å². The quantitative estimate of drug-likeness (QED) is 0.432. The van der Waals surface area contributed by atoms with E-state index in [0.29, 0.717) is 6.04 Å². The van der Waals surface area contributed by atoms with Gasteiger partial charge in [0.05, 0.1) is 0 Å². The minimum atomic E-state index is 0.536. The van der Waals surface area contributed by atoms with Crippen LogP contribution in [0.15, 0.2) is 22.7 Å². The fourth-order valence-electron chi connectivity index (χ4n) is 2.11. The molecule has 1 aromatic carbocycles. The molecule has 0 bridgehead atoms. The molecule has 0 aliphatic heterocycles. The number of nitrogens with zero attached hydrogens (tertiary/aromatic N) is 1. The molecule has 18 heavy (non-hydrogen) atoms. The number of halogens is 2. The van der Waals surface area contributed by atoms with Crippen LogP contribution in [0, 0.1) is 0 Å². The van der Waals surface area contributed by atoms with Crippen molar-refractivity contribution < 1.29 is 0 Å². The number of anilines is 1. The zero-order chi connectivity index (χ0) is 13.5. The van der Waals surface area contributed by atoms with Crippen molar-refractivity contribution in [2.45, 2.75) is 51.4 Å². The summed E-state index contributed by atoms with van der Waals surface area (Å²) in [7, 11) is 0. The van der Waals surface area contributed by atoms with Crippen LogP contribution < -0.4 is 4.90 Å². The molecular weight excluding hydrogens is 354 g/mol. The van der Waals surface area contributed by atoms with Crippen LogP contribution in [0.25, 0.3) is 0 Å². The molecule has 0 aliphatic rings. The van der Waals surface area contributed by atoms with Gasteiger partial charge < -0.3 is 4.90 Å². The third-order valence-electron chi connectivity index (χ3n) is 3.13. The van der Waals surface area contributed by atoms with Crippen molar-refractivity contribution in [2.75, 3.05) is 11.4 Å². The van der Waals surface area contributed by atoms with Gasteiger partial charge in [0.2, 0.25) is 0 Å². The molecular formula is C15H23Br2N. The Labute approximate surface area is 128 Å². The molecule has 1 nitrogen and oxygen atoms in total.